The van der Waals surface area contributed by atoms with E-state index in [0.717, 1.165) is 22.3 Å². The molecule has 0 saturated heterocycles. The van der Waals surface area contributed by atoms with E-state index in [9.17, 15) is 5.26 Å². The Bertz CT molecular complexity index is 899. The summed E-state index contributed by atoms with van der Waals surface area (Å²) >= 11 is 0. The van der Waals surface area contributed by atoms with Crippen molar-refractivity contribution in [2.45, 2.75) is 38.1 Å². The predicted octanol–water partition coefficient (Wildman–Crippen LogP) is 3.58. The van der Waals surface area contributed by atoms with Crippen molar-refractivity contribution in [1.29, 1.82) is 5.26 Å². The van der Waals surface area contributed by atoms with Gasteiger partial charge >= 0.3 is 0 Å². The minimum absolute atomic E-state index is 0.162. The summed E-state index contributed by atoms with van der Waals surface area (Å²) in [5.74, 6) is 0.552. The summed E-state index contributed by atoms with van der Waals surface area (Å²) in [6.45, 7) is 0. The third-order valence-corrected chi connectivity index (χ3v) is 5.39. The molecule has 3 heterocycles. The lowest BCUT2D eigenvalue weighted by Crippen LogP contribution is -2.17. The Kier molecular flexibility index (Phi) is 4.03. The van der Waals surface area contributed by atoms with E-state index in [1.807, 2.05) is 33.7 Å². The smallest absolute Gasteiger partial charge is 0.146 e. The minimum atomic E-state index is 0.162. The highest BCUT2D eigenvalue weighted by Crippen LogP contribution is 2.36. The van der Waals surface area contributed by atoms with Gasteiger partial charge in [0.05, 0.1) is 30.4 Å². The summed E-state index contributed by atoms with van der Waals surface area (Å²) in [6, 6.07) is 4.51. The Morgan fingerprint density at radius 3 is 2.96 bits per heavy atom. The van der Waals surface area contributed by atoms with Gasteiger partial charge in [-0.05, 0) is 34.2 Å². The van der Waals surface area contributed by atoms with Crippen molar-refractivity contribution in [1.82, 2.24) is 24.1 Å². The van der Waals surface area contributed by atoms with Crippen LogP contribution in [0.1, 0.15) is 38.1 Å². The number of hydrogen-bond donors (Lipinski definition) is 0. The van der Waals surface area contributed by atoms with Crippen molar-refractivity contribution in [2.24, 2.45) is 5.92 Å². The molecule has 24 heavy (non-hydrogen) atoms. The van der Waals surface area contributed by atoms with Gasteiger partial charge in [0.25, 0.3) is 0 Å². The molecule has 0 radical (unpaired) electrons. The third-order valence-electron chi connectivity index (χ3n) is 4.97. The molecule has 0 amide bonds. The molecule has 1 aliphatic carbocycles. The normalized spacial score (nSPS) is 16.5. The van der Waals surface area contributed by atoms with Gasteiger partial charge in [-0.3, -0.25) is 4.68 Å². The Morgan fingerprint density at radius 1 is 1.33 bits per heavy atom. The molecule has 3 aromatic rings. The molecule has 0 spiro atoms. The quantitative estimate of drug-likeness (QED) is 0.682. The predicted molar refractivity (Wildman–Crippen MR) is 95.1 cm³/mol. The monoisotopic (exact) mass is 338 g/mol. The van der Waals surface area contributed by atoms with Gasteiger partial charge < -0.3 is 4.34 Å². The summed E-state index contributed by atoms with van der Waals surface area (Å²) < 4.78 is 3.88. The Morgan fingerprint density at radius 2 is 2.17 bits per heavy atom. The highest BCUT2D eigenvalue weighted by molar-refractivity contribution is 7.14. The number of nitrogens with zero attached hydrogens (tertiary/aromatic N) is 6. The first kappa shape index (κ1) is 15.3. The Hall–Kier alpha value is -2.25. The zero-order valence-electron chi connectivity index (χ0n) is 13.3. The fourth-order valence-electron chi connectivity index (χ4n) is 3.75. The van der Waals surface area contributed by atoms with E-state index in [1.165, 1.54) is 25.7 Å². The molecule has 7 heteroatoms. The summed E-state index contributed by atoms with van der Waals surface area (Å²) in [6.07, 6.45) is 12.8. The van der Waals surface area contributed by atoms with Crippen molar-refractivity contribution in [3.63, 3.8) is 0 Å². The topological polar surface area (TPSA) is 72.3 Å². The second-order valence-corrected chi connectivity index (χ2v) is 6.92. The summed E-state index contributed by atoms with van der Waals surface area (Å²) in [5.41, 5.74) is 2.73. The first-order valence-electron chi connectivity index (χ1n) is 8.26. The van der Waals surface area contributed by atoms with Crippen LogP contribution in [-0.4, -0.2) is 24.1 Å². The first-order chi connectivity index (χ1) is 11.8. The fourth-order valence-corrected chi connectivity index (χ4v) is 4.05. The molecule has 0 N–H and O–H groups in total. The summed E-state index contributed by atoms with van der Waals surface area (Å²) in [5, 5.41) is 14.8. The molecule has 1 aliphatic rings. The maximum Gasteiger partial charge on any atom is 0.146 e. The minimum Gasteiger partial charge on any atom is -0.317 e. The summed E-state index contributed by atoms with van der Waals surface area (Å²) in [4.78, 5) is 8.78. The zero-order chi connectivity index (χ0) is 16.5. The molecular weight excluding hydrogens is 319 g/mol. The molecule has 1 fully saturated rings. The van der Waals surface area contributed by atoms with E-state index in [4.69, 9.17) is 0 Å². The van der Waals surface area contributed by atoms with E-state index >= 15 is 0 Å². The third kappa shape index (κ3) is 2.59. The summed E-state index contributed by atoms with van der Waals surface area (Å²) in [7, 11) is 2.63. The van der Waals surface area contributed by atoms with E-state index in [1.54, 1.807) is 6.33 Å². The van der Waals surface area contributed by atoms with Gasteiger partial charge in [-0.25, -0.2) is 9.97 Å². The zero-order valence-corrected chi connectivity index (χ0v) is 14.5. The Balaban J connectivity index is 1.72. The fraction of sp³-hybridized carbons (Fsp3) is 0.412. The highest BCUT2D eigenvalue weighted by Gasteiger charge is 2.27. The molecule has 6 nitrogen and oxygen atoms in total. The number of aromatic nitrogens is 5. The molecule has 122 valence electrons. The second kappa shape index (κ2) is 6.33. The van der Waals surface area contributed by atoms with Gasteiger partial charge in [0.2, 0.25) is 0 Å². The lowest BCUT2D eigenvalue weighted by atomic mass is 9.96. The van der Waals surface area contributed by atoms with Crippen LogP contribution in [0.4, 0.5) is 0 Å². The number of hydrogen-bond acceptors (Lipinski definition) is 4. The second-order valence-electron chi connectivity index (χ2n) is 6.37. The average Bonchev–Trinajstić information content (AvgIpc) is 3.34. The van der Waals surface area contributed by atoms with Crippen LogP contribution >= 0.6 is 9.39 Å². The van der Waals surface area contributed by atoms with Gasteiger partial charge in [0.1, 0.15) is 12.0 Å². The maximum atomic E-state index is 9.21. The molecule has 0 aliphatic heterocycles. The van der Waals surface area contributed by atoms with Crippen LogP contribution in [0, 0.1) is 17.2 Å². The van der Waals surface area contributed by atoms with Crippen molar-refractivity contribution in [3.8, 4) is 17.3 Å². The SMILES string of the molecule is N#CCC(C1CCCC1)n1cc(-c2ncnc3c2ccn3P)cn1. The molecule has 1 saturated carbocycles. The van der Waals surface area contributed by atoms with Crippen LogP contribution in [-0.2, 0) is 0 Å². The molecule has 2 unspecified atom stereocenters. The number of nitriles is 1. The van der Waals surface area contributed by atoms with Crippen molar-refractivity contribution in [2.75, 3.05) is 0 Å². The molecular formula is C17H19N6P. The standard InChI is InChI=1S/C17H19N6P/c18-7-5-15(12-3-1-2-4-12)22-10-13(9-21-22)16-14-6-8-23(24)17(14)20-11-19-16/h6,8-12,15H,1-5,24H2. The molecule has 0 aromatic carbocycles. The molecule has 4 rings (SSSR count). The highest BCUT2D eigenvalue weighted by atomic mass is 31.0. The van der Waals surface area contributed by atoms with Crippen LogP contribution in [0.2, 0.25) is 0 Å². The molecule has 0 bridgehead atoms. The van der Waals surface area contributed by atoms with Gasteiger partial charge in [0.15, 0.2) is 0 Å². The van der Waals surface area contributed by atoms with E-state index in [-0.39, 0.29) is 6.04 Å². The largest absolute Gasteiger partial charge is 0.317 e. The van der Waals surface area contributed by atoms with Gasteiger partial charge in [-0.2, -0.15) is 10.4 Å². The average molecular weight is 338 g/mol. The van der Waals surface area contributed by atoms with Gasteiger partial charge in [-0.15, -0.1) is 0 Å². The van der Waals surface area contributed by atoms with Gasteiger partial charge in [0, 0.05) is 23.3 Å². The van der Waals surface area contributed by atoms with Crippen LogP contribution in [0.5, 0.6) is 0 Å². The first-order valence-corrected chi connectivity index (χ1v) is 8.78. The lowest BCUT2D eigenvalue weighted by Gasteiger charge is -2.21. The van der Waals surface area contributed by atoms with Crippen molar-refractivity contribution in [3.05, 3.63) is 31.0 Å². The van der Waals surface area contributed by atoms with E-state index < -0.39 is 0 Å². The van der Waals surface area contributed by atoms with E-state index in [2.05, 4.69) is 30.5 Å². The van der Waals surface area contributed by atoms with Crippen molar-refractivity contribution >= 4 is 20.4 Å². The van der Waals surface area contributed by atoms with Gasteiger partial charge in [-0.1, -0.05) is 12.8 Å². The van der Waals surface area contributed by atoms with Crippen LogP contribution < -0.4 is 0 Å². The van der Waals surface area contributed by atoms with Crippen LogP contribution in [0.25, 0.3) is 22.3 Å². The van der Waals surface area contributed by atoms with E-state index in [0.29, 0.717) is 12.3 Å². The number of rotatable bonds is 4. The number of fused-ring (bicyclic) bond motifs is 1. The van der Waals surface area contributed by atoms with Crippen molar-refractivity contribution < 1.29 is 0 Å². The van der Waals surface area contributed by atoms with Crippen LogP contribution in [0.15, 0.2) is 31.0 Å². The molecule has 3 aromatic heterocycles. The van der Waals surface area contributed by atoms with Crippen LogP contribution in [0.3, 0.4) is 0 Å². The lowest BCUT2D eigenvalue weighted by molar-refractivity contribution is 0.315. The molecule has 2 atom stereocenters. The Labute approximate surface area is 142 Å². The maximum absolute atomic E-state index is 9.21.